The maximum absolute atomic E-state index is 5.37. The van der Waals surface area contributed by atoms with E-state index in [0.717, 1.165) is 45.4 Å². The summed E-state index contributed by atoms with van der Waals surface area (Å²) in [4.78, 5) is 6.69. The van der Waals surface area contributed by atoms with Crippen molar-refractivity contribution >= 4 is 5.96 Å². The third-order valence-corrected chi connectivity index (χ3v) is 3.31. The average Bonchev–Trinajstić information content (AvgIpc) is 2.44. The molecule has 1 heterocycles. The van der Waals surface area contributed by atoms with Crippen LogP contribution in [0.5, 0.6) is 0 Å². The van der Waals surface area contributed by atoms with E-state index in [1.54, 1.807) is 14.2 Å². The molecule has 0 aromatic heterocycles. The van der Waals surface area contributed by atoms with E-state index in [4.69, 9.17) is 9.47 Å². The first kappa shape index (κ1) is 17.2. The molecule has 0 aromatic carbocycles. The second kappa shape index (κ2) is 9.96. The largest absolute Gasteiger partial charge is 0.383 e. The number of nitrogens with zero attached hydrogens (tertiary/aromatic N) is 2. The van der Waals surface area contributed by atoms with E-state index in [-0.39, 0.29) is 6.04 Å². The second-order valence-electron chi connectivity index (χ2n) is 5.47. The van der Waals surface area contributed by atoms with Gasteiger partial charge in [-0.15, -0.1) is 0 Å². The minimum Gasteiger partial charge on any atom is -0.383 e. The lowest BCUT2D eigenvalue weighted by Gasteiger charge is -2.29. The predicted octanol–water partition coefficient (Wildman–Crippen LogP) is 0.155. The lowest BCUT2D eigenvalue weighted by atomic mass is 10.1. The fourth-order valence-corrected chi connectivity index (χ4v) is 2.28. The highest BCUT2D eigenvalue weighted by atomic mass is 16.5. The van der Waals surface area contributed by atoms with Crippen LogP contribution in [0.15, 0.2) is 4.99 Å². The van der Waals surface area contributed by atoms with Gasteiger partial charge in [0.25, 0.3) is 0 Å². The zero-order chi connectivity index (χ0) is 14.8. The fraction of sp³-hybridized carbons (Fsp3) is 0.929. The number of hydrogen-bond donors (Lipinski definition) is 2. The summed E-state index contributed by atoms with van der Waals surface area (Å²) in [5.41, 5.74) is 0. The minimum atomic E-state index is 0.251. The Morgan fingerprint density at radius 2 is 2.05 bits per heavy atom. The Morgan fingerprint density at radius 3 is 2.65 bits per heavy atom. The monoisotopic (exact) mass is 286 g/mol. The summed E-state index contributed by atoms with van der Waals surface area (Å²) in [7, 11) is 3.50. The van der Waals surface area contributed by atoms with Crippen molar-refractivity contribution in [3.05, 3.63) is 0 Å². The molecule has 0 bridgehead atoms. The molecule has 1 saturated heterocycles. The number of methoxy groups -OCH3 is 1. The summed E-state index contributed by atoms with van der Waals surface area (Å²) in [5.74, 6) is 1.41. The first-order valence-corrected chi connectivity index (χ1v) is 7.42. The number of hydrogen-bond acceptors (Lipinski definition) is 4. The highest BCUT2D eigenvalue weighted by Gasteiger charge is 2.14. The van der Waals surface area contributed by atoms with E-state index in [1.165, 1.54) is 0 Å². The number of morpholine rings is 1. The van der Waals surface area contributed by atoms with Crippen molar-refractivity contribution in [2.45, 2.75) is 19.9 Å². The number of rotatable bonds is 7. The first-order valence-electron chi connectivity index (χ1n) is 7.42. The third kappa shape index (κ3) is 7.07. The molecule has 1 fully saturated rings. The van der Waals surface area contributed by atoms with Crippen molar-refractivity contribution in [1.29, 1.82) is 0 Å². The molecule has 0 aromatic rings. The quantitative estimate of drug-likeness (QED) is 0.515. The molecule has 0 spiro atoms. The van der Waals surface area contributed by atoms with Crippen molar-refractivity contribution in [3.8, 4) is 0 Å². The molecular weight excluding hydrogens is 256 g/mol. The molecular formula is C14H30N4O2. The van der Waals surface area contributed by atoms with Crippen molar-refractivity contribution in [1.82, 2.24) is 15.5 Å². The summed E-state index contributed by atoms with van der Waals surface area (Å²) >= 11 is 0. The van der Waals surface area contributed by atoms with E-state index < -0.39 is 0 Å². The first-order chi connectivity index (χ1) is 9.65. The van der Waals surface area contributed by atoms with Gasteiger partial charge >= 0.3 is 0 Å². The van der Waals surface area contributed by atoms with Crippen LogP contribution < -0.4 is 10.6 Å². The van der Waals surface area contributed by atoms with Gasteiger partial charge in [0.05, 0.1) is 19.8 Å². The van der Waals surface area contributed by atoms with E-state index in [1.807, 2.05) is 0 Å². The minimum absolute atomic E-state index is 0.251. The van der Waals surface area contributed by atoms with Crippen LogP contribution in [0.1, 0.15) is 13.8 Å². The summed E-state index contributed by atoms with van der Waals surface area (Å²) in [5, 5.41) is 6.68. The maximum Gasteiger partial charge on any atom is 0.191 e. The Hall–Kier alpha value is -0.850. The van der Waals surface area contributed by atoms with Crippen molar-refractivity contribution < 1.29 is 9.47 Å². The van der Waals surface area contributed by atoms with Gasteiger partial charge in [0.2, 0.25) is 0 Å². The Balaban J connectivity index is 2.21. The van der Waals surface area contributed by atoms with Gasteiger partial charge in [0, 0.05) is 46.4 Å². The smallest absolute Gasteiger partial charge is 0.191 e. The van der Waals surface area contributed by atoms with Gasteiger partial charge in [-0.05, 0) is 12.8 Å². The normalized spacial score (nSPS) is 20.5. The lowest BCUT2D eigenvalue weighted by molar-refractivity contribution is 0.0320. The number of nitrogens with one attached hydrogen (secondary N) is 2. The molecule has 6 nitrogen and oxygen atoms in total. The van der Waals surface area contributed by atoms with E-state index in [2.05, 4.69) is 34.4 Å². The number of guanidine groups is 1. The van der Waals surface area contributed by atoms with Crippen LogP contribution in [0.3, 0.4) is 0 Å². The Kier molecular flexibility index (Phi) is 8.57. The standard InChI is InChI=1S/C14H30N4O2/c1-12(10-18-5-7-20-8-6-18)9-16-14(15-3)17-13(2)11-19-4/h12-13H,5-11H2,1-4H3,(H2,15,16,17). The highest BCUT2D eigenvalue weighted by molar-refractivity contribution is 5.79. The van der Waals surface area contributed by atoms with Gasteiger partial charge in [-0.1, -0.05) is 6.92 Å². The summed E-state index contributed by atoms with van der Waals surface area (Å²) in [6.45, 7) is 10.8. The van der Waals surface area contributed by atoms with Gasteiger partial charge in [-0.2, -0.15) is 0 Å². The molecule has 6 heteroatoms. The van der Waals surface area contributed by atoms with Crippen LogP contribution in [0.25, 0.3) is 0 Å². The Bertz CT molecular complexity index is 280. The molecule has 0 radical (unpaired) electrons. The van der Waals surface area contributed by atoms with Crippen molar-refractivity contribution in [3.63, 3.8) is 0 Å². The van der Waals surface area contributed by atoms with Crippen LogP contribution in [0.4, 0.5) is 0 Å². The van der Waals surface area contributed by atoms with Crippen LogP contribution in [0.2, 0.25) is 0 Å². The maximum atomic E-state index is 5.37. The van der Waals surface area contributed by atoms with Crippen molar-refractivity contribution in [2.75, 3.05) is 60.2 Å². The van der Waals surface area contributed by atoms with Crippen LogP contribution >= 0.6 is 0 Å². The molecule has 1 aliphatic heterocycles. The fourth-order valence-electron chi connectivity index (χ4n) is 2.28. The van der Waals surface area contributed by atoms with Gasteiger partial charge in [-0.25, -0.2) is 0 Å². The lowest BCUT2D eigenvalue weighted by Crippen LogP contribution is -2.46. The zero-order valence-electron chi connectivity index (χ0n) is 13.3. The molecule has 2 N–H and O–H groups in total. The van der Waals surface area contributed by atoms with Gasteiger partial charge in [0.1, 0.15) is 0 Å². The summed E-state index contributed by atoms with van der Waals surface area (Å²) in [6, 6.07) is 0.251. The topological polar surface area (TPSA) is 58.1 Å². The SMILES string of the molecule is CN=C(NCC(C)CN1CCOCC1)NC(C)COC. The summed E-state index contributed by atoms with van der Waals surface area (Å²) < 4.78 is 10.5. The van der Waals surface area contributed by atoms with Gasteiger partial charge < -0.3 is 20.1 Å². The van der Waals surface area contributed by atoms with Gasteiger partial charge in [0.15, 0.2) is 5.96 Å². The molecule has 0 aliphatic carbocycles. The third-order valence-electron chi connectivity index (χ3n) is 3.31. The average molecular weight is 286 g/mol. The number of ether oxygens (including phenoxy) is 2. The molecule has 2 atom stereocenters. The van der Waals surface area contributed by atoms with E-state index in [0.29, 0.717) is 12.5 Å². The second-order valence-corrected chi connectivity index (χ2v) is 5.47. The zero-order valence-corrected chi connectivity index (χ0v) is 13.3. The Labute approximate surface area is 122 Å². The van der Waals surface area contributed by atoms with E-state index >= 15 is 0 Å². The molecule has 2 unspecified atom stereocenters. The van der Waals surface area contributed by atoms with Crippen molar-refractivity contribution in [2.24, 2.45) is 10.9 Å². The molecule has 0 amide bonds. The van der Waals surface area contributed by atoms with Crippen LogP contribution in [-0.2, 0) is 9.47 Å². The number of aliphatic imine (C=N–C) groups is 1. The van der Waals surface area contributed by atoms with Crippen LogP contribution in [-0.4, -0.2) is 77.1 Å². The molecule has 0 saturated carbocycles. The molecule has 20 heavy (non-hydrogen) atoms. The van der Waals surface area contributed by atoms with Crippen LogP contribution in [0, 0.1) is 5.92 Å². The summed E-state index contributed by atoms with van der Waals surface area (Å²) in [6.07, 6.45) is 0. The molecule has 1 aliphatic rings. The highest BCUT2D eigenvalue weighted by Crippen LogP contribution is 2.02. The molecule has 118 valence electrons. The Morgan fingerprint density at radius 1 is 1.35 bits per heavy atom. The van der Waals surface area contributed by atoms with Gasteiger partial charge in [-0.3, -0.25) is 9.89 Å². The predicted molar refractivity (Wildman–Crippen MR) is 82.3 cm³/mol. The van der Waals surface area contributed by atoms with E-state index in [9.17, 15) is 0 Å². The molecule has 1 rings (SSSR count).